The van der Waals surface area contributed by atoms with E-state index in [9.17, 15) is 4.79 Å². The summed E-state index contributed by atoms with van der Waals surface area (Å²) in [5.41, 5.74) is 3.43. The topological polar surface area (TPSA) is 65.8 Å². The van der Waals surface area contributed by atoms with Crippen LogP contribution in [0.3, 0.4) is 0 Å². The van der Waals surface area contributed by atoms with Crippen molar-refractivity contribution >= 4 is 5.91 Å². The van der Waals surface area contributed by atoms with Crippen LogP contribution in [0.2, 0.25) is 0 Å². The highest BCUT2D eigenvalue weighted by atomic mass is 16.1. The Bertz CT molecular complexity index is 686. The minimum atomic E-state index is -0.124. The monoisotopic (exact) mass is 235 g/mol. The summed E-state index contributed by atoms with van der Waals surface area (Å²) >= 11 is 0. The molecule has 1 aliphatic rings. The number of hydrogen-bond donors (Lipinski definition) is 1. The van der Waals surface area contributed by atoms with Gasteiger partial charge in [-0.3, -0.25) is 9.78 Å². The van der Waals surface area contributed by atoms with Crippen LogP contribution in [-0.4, -0.2) is 10.9 Å². The molecular weight excluding hydrogens is 226 g/mol. The molecule has 0 bridgehead atoms. The summed E-state index contributed by atoms with van der Waals surface area (Å²) in [5.74, 6) is -0.124. The van der Waals surface area contributed by atoms with E-state index in [2.05, 4.69) is 16.4 Å². The SMILES string of the molecule is N#Cc1ccccc1-c1ccnc2c1C(=O)NC2. The van der Waals surface area contributed by atoms with Crippen LogP contribution < -0.4 is 5.32 Å². The van der Waals surface area contributed by atoms with E-state index >= 15 is 0 Å². The number of aromatic nitrogens is 1. The number of nitrogens with one attached hydrogen (secondary N) is 1. The Morgan fingerprint density at radius 2 is 2.06 bits per heavy atom. The summed E-state index contributed by atoms with van der Waals surface area (Å²) in [6, 6.07) is 11.2. The van der Waals surface area contributed by atoms with Gasteiger partial charge >= 0.3 is 0 Å². The van der Waals surface area contributed by atoms with E-state index in [-0.39, 0.29) is 5.91 Å². The van der Waals surface area contributed by atoms with Gasteiger partial charge in [-0.2, -0.15) is 5.26 Å². The first-order valence-electron chi connectivity index (χ1n) is 5.57. The summed E-state index contributed by atoms with van der Waals surface area (Å²) < 4.78 is 0. The second kappa shape index (κ2) is 3.97. The Kier molecular flexibility index (Phi) is 2.31. The maximum Gasteiger partial charge on any atom is 0.254 e. The highest BCUT2D eigenvalue weighted by molar-refractivity contribution is 6.04. The average Bonchev–Trinajstić information content (AvgIpc) is 2.81. The lowest BCUT2D eigenvalue weighted by atomic mass is 9.96. The summed E-state index contributed by atoms with van der Waals surface area (Å²) in [6.07, 6.45) is 1.67. The molecule has 18 heavy (non-hydrogen) atoms. The highest BCUT2D eigenvalue weighted by Crippen LogP contribution is 2.29. The third-order valence-electron chi connectivity index (χ3n) is 3.01. The normalized spacial score (nSPS) is 12.7. The number of nitrogens with zero attached hydrogens (tertiary/aromatic N) is 2. The van der Waals surface area contributed by atoms with Crippen molar-refractivity contribution in [1.82, 2.24) is 10.3 Å². The lowest BCUT2D eigenvalue weighted by Crippen LogP contribution is -2.13. The summed E-state index contributed by atoms with van der Waals surface area (Å²) in [5, 5.41) is 11.9. The maximum absolute atomic E-state index is 11.8. The number of carbonyl (C=O) groups excluding carboxylic acids is 1. The zero-order valence-corrected chi connectivity index (χ0v) is 9.47. The first-order chi connectivity index (χ1) is 8.81. The molecule has 0 unspecified atom stereocenters. The largest absolute Gasteiger partial charge is 0.346 e. The molecule has 0 fully saturated rings. The van der Waals surface area contributed by atoms with Gasteiger partial charge in [-0.1, -0.05) is 18.2 Å². The molecule has 1 aliphatic heterocycles. The van der Waals surface area contributed by atoms with Gasteiger partial charge in [0, 0.05) is 11.8 Å². The van der Waals surface area contributed by atoms with Crippen molar-refractivity contribution < 1.29 is 4.79 Å². The van der Waals surface area contributed by atoms with Gasteiger partial charge in [0.1, 0.15) is 0 Å². The van der Waals surface area contributed by atoms with Crippen LogP contribution in [0.15, 0.2) is 36.5 Å². The molecular formula is C14H9N3O. The third kappa shape index (κ3) is 1.45. The molecule has 0 saturated heterocycles. The van der Waals surface area contributed by atoms with Crippen LogP contribution in [0.4, 0.5) is 0 Å². The van der Waals surface area contributed by atoms with Crippen molar-refractivity contribution in [1.29, 1.82) is 5.26 Å². The lowest BCUT2D eigenvalue weighted by Gasteiger charge is -2.07. The van der Waals surface area contributed by atoms with E-state index < -0.39 is 0 Å². The van der Waals surface area contributed by atoms with Crippen LogP contribution in [0.5, 0.6) is 0 Å². The van der Waals surface area contributed by atoms with E-state index in [1.54, 1.807) is 18.3 Å². The number of fused-ring (bicyclic) bond motifs is 1. The number of hydrogen-bond acceptors (Lipinski definition) is 3. The molecule has 4 nitrogen and oxygen atoms in total. The van der Waals surface area contributed by atoms with Crippen LogP contribution in [0, 0.1) is 11.3 Å². The molecule has 1 aromatic carbocycles. The van der Waals surface area contributed by atoms with Crippen molar-refractivity contribution in [3.05, 3.63) is 53.3 Å². The Labute approximate surface area is 104 Å². The lowest BCUT2D eigenvalue weighted by molar-refractivity contribution is 0.0966. The molecule has 3 rings (SSSR count). The van der Waals surface area contributed by atoms with E-state index in [4.69, 9.17) is 5.26 Å². The molecule has 0 atom stereocenters. The Morgan fingerprint density at radius 1 is 1.22 bits per heavy atom. The minimum Gasteiger partial charge on any atom is -0.346 e. The summed E-state index contributed by atoms with van der Waals surface area (Å²) in [4.78, 5) is 16.0. The molecule has 86 valence electrons. The summed E-state index contributed by atoms with van der Waals surface area (Å²) in [7, 11) is 0. The van der Waals surface area contributed by atoms with Crippen LogP contribution in [0.1, 0.15) is 21.6 Å². The van der Waals surface area contributed by atoms with Crippen LogP contribution >= 0.6 is 0 Å². The van der Waals surface area contributed by atoms with Gasteiger partial charge in [0.05, 0.1) is 29.4 Å². The molecule has 1 aromatic heterocycles. The molecule has 2 aromatic rings. The number of rotatable bonds is 1. The second-order valence-corrected chi connectivity index (χ2v) is 4.02. The fraction of sp³-hybridized carbons (Fsp3) is 0.0714. The van der Waals surface area contributed by atoms with Gasteiger partial charge in [0.25, 0.3) is 5.91 Å². The number of benzene rings is 1. The van der Waals surface area contributed by atoms with Gasteiger partial charge in [-0.25, -0.2) is 0 Å². The molecule has 1 amide bonds. The van der Waals surface area contributed by atoms with Crippen molar-refractivity contribution in [2.45, 2.75) is 6.54 Å². The first kappa shape index (κ1) is 10.5. The second-order valence-electron chi connectivity index (χ2n) is 4.02. The molecule has 4 heteroatoms. The smallest absolute Gasteiger partial charge is 0.254 e. The number of amides is 1. The maximum atomic E-state index is 11.8. The van der Waals surface area contributed by atoms with Crippen molar-refractivity contribution in [3.8, 4) is 17.2 Å². The number of nitriles is 1. The summed E-state index contributed by atoms with van der Waals surface area (Å²) in [6.45, 7) is 0.455. The highest BCUT2D eigenvalue weighted by Gasteiger charge is 2.24. The van der Waals surface area contributed by atoms with Crippen molar-refractivity contribution in [2.75, 3.05) is 0 Å². The van der Waals surface area contributed by atoms with E-state index in [0.717, 1.165) is 16.8 Å². The zero-order chi connectivity index (χ0) is 12.5. The molecule has 0 spiro atoms. The Hall–Kier alpha value is -2.67. The fourth-order valence-electron chi connectivity index (χ4n) is 2.18. The minimum absolute atomic E-state index is 0.124. The first-order valence-corrected chi connectivity index (χ1v) is 5.57. The zero-order valence-electron chi connectivity index (χ0n) is 9.47. The van der Waals surface area contributed by atoms with Gasteiger partial charge in [-0.05, 0) is 17.7 Å². The fourth-order valence-corrected chi connectivity index (χ4v) is 2.18. The Balaban J connectivity index is 2.29. The van der Waals surface area contributed by atoms with Gasteiger partial charge in [0.15, 0.2) is 0 Å². The Morgan fingerprint density at radius 3 is 2.89 bits per heavy atom. The van der Waals surface area contributed by atoms with Gasteiger partial charge in [0.2, 0.25) is 0 Å². The van der Waals surface area contributed by atoms with Crippen LogP contribution in [-0.2, 0) is 6.54 Å². The van der Waals surface area contributed by atoms with Crippen molar-refractivity contribution in [2.24, 2.45) is 0 Å². The average molecular weight is 235 g/mol. The van der Waals surface area contributed by atoms with E-state index in [1.165, 1.54) is 0 Å². The molecule has 2 heterocycles. The third-order valence-corrected chi connectivity index (χ3v) is 3.01. The molecule has 0 saturated carbocycles. The van der Waals surface area contributed by atoms with E-state index in [1.807, 2.05) is 18.2 Å². The van der Waals surface area contributed by atoms with Gasteiger partial charge < -0.3 is 5.32 Å². The van der Waals surface area contributed by atoms with Crippen molar-refractivity contribution in [3.63, 3.8) is 0 Å². The molecule has 0 radical (unpaired) electrons. The predicted molar refractivity (Wildman–Crippen MR) is 65.6 cm³/mol. The molecule has 1 N–H and O–H groups in total. The number of carbonyl (C=O) groups is 1. The molecule has 0 aliphatic carbocycles. The van der Waals surface area contributed by atoms with E-state index in [0.29, 0.717) is 17.7 Å². The van der Waals surface area contributed by atoms with Crippen LogP contribution in [0.25, 0.3) is 11.1 Å². The predicted octanol–water partition coefficient (Wildman–Crippen LogP) is 1.86. The quantitative estimate of drug-likeness (QED) is 0.820. The standard InChI is InChI=1S/C14H9N3O/c15-7-9-3-1-2-4-10(9)11-5-6-16-12-8-17-14(18)13(11)12/h1-6H,8H2,(H,17,18). The number of pyridine rings is 1. The van der Waals surface area contributed by atoms with Gasteiger partial charge in [-0.15, -0.1) is 0 Å².